The average Bonchev–Trinajstić information content (AvgIpc) is 3.19. The van der Waals surface area contributed by atoms with Crippen LogP contribution in [0.25, 0.3) is 10.9 Å². The minimum Gasteiger partial charge on any atom is -0.385 e. The van der Waals surface area contributed by atoms with E-state index in [1.165, 1.54) is 7.05 Å². The monoisotopic (exact) mass is 384 g/mol. The molecule has 0 amide bonds. The van der Waals surface area contributed by atoms with Crippen molar-refractivity contribution >= 4 is 32.7 Å². The fourth-order valence-corrected chi connectivity index (χ4v) is 5.63. The summed E-state index contributed by atoms with van der Waals surface area (Å²) in [7, 11) is -2.04. The van der Waals surface area contributed by atoms with E-state index < -0.39 is 15.8 Å². The van der Waals surface area contributed by atoms with Crippen LogP contribution in [0, 0.1) is 11.8 Å². The molecule has 0 spiro atoms. The fraction of sp³-hybridized carbons (Fsp3) is 0.562. The van der Waals surface area contributed by atoms with E-state index in [4.69, 9.17) is 11.6 Å². The summed E-state index contributed by atoms with van der Waals surface area (Å²) in [5.41, 5.74) is 0.674. The van der Waals surface area contributed by atoms with Crippen LogP contribution in [-0.2, 0) is 15.8 Å². The first-order valence-electron chi connectivity index (χ1n) is 8.36. The SMILES string of the molecule is CNS(=O)(=O)NC1C[C@@H]2CC(O)(c3cc(Cl)cc4[nH]ncc34)C[C@@H]2C1. The lowest BCUT2D eigenvalue weighted by Gasteiger charge is -2.26. The van der Waals surface area contributed by atoms with E-state index in [1.54, 1.807) is 12.3 Å². The fourth-order valence-electron chi connectivity index (χ4n) is 4.66. The van der Waals surface area contributed by atoms with E-state index in [0.29, 0.717) is 17.9 Å². The summed E-state index contributed by atoms with van der Waals surface area (Å²) in [6, 6.07) is 3.54. The summed E-state index contributed by atoms with van der Waals surface area (Å²) in [6.07, 6.45) is 4.41. The lowest BCUT2D eigenvalue weighted by Crippen LogP contribution is -2.40. The molecule has 1 aromatic heterocycles. The normalized spacial score (nSPS) is 32.4. The van der Waals surface area contributed by atoms with Gasteiger partial charge in [0.25, 0.3) is 10.2 Å². The number of H-pyrrole nitrogens is 1. The van der Waals surface area contributed by atoms with Crippen LogP contribution >= 0.6 is 11.6 Å². The molecule has 0 saturated heterocycles. The Hall–Kier alpha value is -1.19. The second-order valence-electron chi connectivity index (χ2n) is 7.24. The maximum atomic E-state index is 11.7. The van der Waals surface area contributed by atoms with Gasteiger partial charge >= 0.3 is 0 Å². The topological polar surface area (TPSA) is 107 Å². The molecule has 2 fully saturated rings. The first-order chi connectivity index (χ1) is 11.8. The van der Waals surface area contributed by atoms with Crippen LogP contribution in [0.3, 0.4) is 0 Å². The molecule has 2 aliphatic rings. The van der Waals surface area contributed by atoms with Gasteiger partial charge in [0.2, 0.25) is 0 Å². The predicted octanol–water partition coefficient (Wildman–Crippen LogP) is 1.65. The van der Waals surface area contributed by atoms with Gasteiger partial charge in [0, 0.05) is 23.5 Å². The highest BCUT2D eigenvalue weighted by molar-refractivity contribution is 7.87. The van der Waals surface area contributed by atoms with Crippen molar-refractivity contribution in [2.24, 2.45) is 11.8 Å². The standard InChI is InChI=1S/C16H21ClN4O3S/c1-18-25(23,24)21-12-2-9-6-16(22,7-10(9)3-12)14-4-11(17)5-15-13(14)8-19-20-15/h4-5,8-10,12,18,21-22H,2-3,6-7H2,1H3,(H,19,20)/t9-,10+,12?,16?. The number of nitrogens with zero attached hydrogens (tertiary/aromatic N) is 1. The summed E-state index contributed by atoms with van der Waals surface area (Å²) in [4.78, 5) is 0. The third-order valence-electron chi connectivity index (χ3n) is 5.66. The van der Waals surface area contributed by atoms with Gasteiger partial charge in [-0.15, -0.1) is 0 Å². The number of nitrogens with one attached hydrogen (secondary N) is 3. The summed E-state index contributed by atoms with van der Waals surface area (Å²) >= 11 is 6.21. The number of hydrogen-bond donors (Lipinski definition) is 4. The van der Waals surface area contributed by atoms with Crippen molar-refractivity contribution < 1.29 is 13.5 Å². The summed E-state index contributed by atoms with van der Waals surface area (Å²) in [5.74, 6) is 0.575. The molecule has 0 aliphatic heterocycles. The second-order valence-corrected chi connectivity index (χ2v) is 9.33. The zero-order valence-corrected chi connectivity index (χ0v) is 15.4. The van der Waals surface area contributed by atoms with E-state index in [1.807, 2.05) is 6.07 Å². The van der Waals surface area contributed by atoms with Crippen molar-refractivity contribution in [3.63, 3.8) is 0 Å². The highest BCUT2D eigenvalue weighted by Gasteiger charge is 2.50. The van der Waals surface area contributed by atoms with Gasteiger partial charge < -0.3 is 5.11 Å². The summed E-state index contributed by atoms with van der Waals surface area (Å²) in [6.45, 7) is 0. The average molecular weight is 385 g/mol. The molecule has 2 unspecified atom stereocenters. The number of rotatable bonds is 4. The molecule has 2 aromatic rings. The Balaban J connectivity index is 1.56. The Kier molecular flexibility index (Phi) is 4.08. The molecule has 9 heteroatoms. The molecule has 0 bridgehead atoms. The van der Waals surface area contributed by atoms with E-state index in [-0.39, 0.29) is 17.9 Å². The van der Waals surface area contributed by atoms with E-state index in [0.717, 1.165) is 29.3 Å². The van der Waals surface area contributed by atoms with Crippen LogP contribution in [0.5, 0.6) is 0 Å². The lowest BCUT2D eigenvalue weighted by atomic mass is 9.87. The Bertz CT molecular complexity index is 899. The van der Waals surface area contributed by atoms with Crippen LogP contribution in [-0.4, -0.2) is 36.8 Å². The number of fused-ring (bicyclic) bond motifs is 2. The van der Waals surface area contributed by atoms with Gasteiger partial charge in [0.1, 0.15) is 0 Å². The van der Waals surface area contributed by atoms with Crippen molar-refractivity contribution in [1.29, 1.82) is 0 Å². The quantitative estimate of drug-likeness (QED) is 0.642. The number of aromatic amines is 1. The third kappa shape index (κ3) is 3.06. The van der Waals surface area contributed by atoms with Crippen LogP contribution in [0.2, 0.25) is 5.02 Å². The third-order valence-corrected chi connectivity index (χ3v) is 7.06. The van der Waals surface area contributed by atoms with Crippen LogP contribution in [0.15, 0.2) is 18.3 Å². The molecular weight excluding hydrogens is 364 g/mol. The first kappa shape index (κ1) is 17.2. The Morgan fingerprint density at radius 2 is 2.00 bits per heavy atom. The first-order valence-corrected chi connectivity index (χ1v) is 10.2. The molecule has 4 rings (SSSR count). The van der Waals surface area contributed by atoms with Gasteiger partial charge in [-0.05, 0) is 55.2 Å². The molecule has 0 radical (unpaired) electrons. The van der Waals surface area contributed by atoms with E-state index in [2.05, 4.69) is 19.6 Å². The van der Waals surface area contributed by atoms with Crippen molar-refractivity contribution in [2.45, 2.75) is 37.3 Å². The lowest BCUT2D eigenvalue weighted by molar-refractivity contribution is 0.0360. The number of halogens is 1. The Morgan fingerprint density at radius 1 is 1.32 bits per heavy atom. The van der Waals surface area contributed by atoms with Crippen molar-refractivity contribution in [3.05, 3.63) is 28.9 Å². The Morgan fingerprint density at radius 3 is 2.64 bits per heavy atom. The highest BCUT2D eigenvalue weighted by Crippen LogP contribution is 2.54. The molecule has 7 nitrogen and oxygen atoms in total. The molecule has 136 valence electrons. The number of hydrogen-bond acceptors (Lipinski definition) is 4. The summed E-state index contributed by atoms with van der Waals surface area (Å²) < 4.78 is 28.3. The minimum absolute atomic E-state index is 0.0784. The molecule has 2 aliphatic carbocycles. The van der Waals surface area contributed by atoms with E-state index >= 15 is 0 Å². The maximum Gasteiger partial charge on any atom is 0.276 e. The molecule has 1 aromatic carbocycles. The van der Waals surface area contributed by atoms with Crippen LogP contribution in [0.1, 0.15) is 31.2 Å². The second kappa shape index (κ2) is 5.92. The van der Waals surface area contributed by atoms with Crippen LogP contribution in [0.4, 0.5) is 0 Å². The number of aromatic nitrogens is 2. The van der Waals surface area contributed by atoms with Crippen molar-refractivity contribution in [3.8, 4) is 0 Å². The molecular formula is C16H21ClN4O3S. The number of aliphatic hydroxyl groups is 1. The van der Waals surface area contributed by atoms with Gasteiger partial charge in [-0.1, -0.05) is 11.6 Å². The largest absolute Gasteiger partial charge is 0.385 e. The summed E-state index contributed by atoms with van der Waals surface area (Å²) in [5, 5.41) is 19.7. The minimum atomic E-state index is -3.43. The molecule has 1 heterocycles. The predicted molar refractivity (Wildman–Crippen MR) is 95.4 cm³/mol. The van der Waals surface area contributed by atoms with Crippen molar-refractivity contribution in [2.75, 3.05) is 7.05 Å². The van der Waals surface area contributed by atoms with E-state index in [9.17, 15) is 13.5 Å². The van der Waals surface area contributed by atoms with Crippen LogP contribution < -0.4 is 9.44 Å². The van der Waals surface area contributed by atoms with Gasteiger partial charge in [0.05, 0.1) is 17.3 Å². The zero-order chi connectivity index (χ0) is 17.8. The van der Waals surface area contributed by atoms with Gasteiger partial charge in [-0.25, -0.2) is 4.72 Å². The van der Waals surface area contributed by atoms with Crippen molar-refractivity contribution in [1.82, 2.24) is 19.6 Å². The number of benzene rings is 1. The smallest absolute Gasteiger partial charge is 0.276 e. The van der Waals surface area contributed by atoms with Gasteiger partial charge in [-0.3, -0.25) is 5.10 Å². The highest BCUT2D eigenvalue weighted by atomic mass is 35.5. The maximum absolute atomic E-state index is 11.7. The Labute approximate surface area is 151 Å². The molecule has 2 saturated carbocycles. The molecule has 4 N–H and O–H groups in total. The molecule has 4 atom stereocenters. The zero-order valence-electron chi connectivity index (χ0n) is 13.8. The van der Waals surface area contributed by atoms with Gasteiger partial charge in [-0.2, -0.15) is 18.2 Å². The molecule has 25 heavy (non-hydrogen) atoms. The van der Waals surface area contributed by atoms with Gasteiger partial charge in [0.15, 0.2) is 0 Å².